The van der Waals surface area contributed by atoms with Gasteiger partial charge in [-0.2, -0.15) is 0 Å². The summed E-state index contributed by atoms with van der Waals surface area (Å²) >= 11 is 0. The topological polar surface area (TPSA) is 49.4 Å². The highest BCUT2D eigenvalue weighted by Gasteiger charge is 2.35. The Hall–Kier alpha value is -2.02. The molecule has 2 rings (SSSR count). The van der Waals surface area contributed by atoms with E-state index in [4.69, 9.17) is 4.74 Å². The van der Waals surface area contributed by atoms with Gasteiger partial charge in [0.2, 0.25) is 0 Å². The molecule has 0 heterocycles. The maximum Gasteiger partial charge on any atom is 0.169 e. The molecule has 0 aliphatic heterocycles. The van der Waals surface area contributed by atoms with Gasteiger partial charge in [0.25, 0.3) is 0 Å². The van der Waals surface area contributed by atoms with Crippen LogP contribution < -0.4 is 9.84 Å². The summed E-state index contributed by atoms with van der Waals surface area (Å²) in [7, 11) is 0. The largest absolute Gasteiger partial charge is 0.545 e. The van der Waals surface area contributed by atoms with Gasteiger partial charge in [-0.3, -0.25) is 0 Å². The lowest BCUT2D eigenvalue weighted by molar-refractivity contribution is -0.255. The van der Waals surface area contributed by atoms with E-state index in [0.717, 1.165) is 43.9 Å². The van der Waals surface area contributed by atoms with Crippen LogP contribution in [-0.2, 0) is 0 Å². The molecule has 19 heavy (non-hydrogen) atoms. The summed E-state index contributed by atoms with van der Waals surface area (Å²) in [5.74, 6) is 3.76. The summed E-state index contributed by atoms with van der Waals surface area (Å²) in [6.07, 6.45) is 3.39. The Labute approximate surface area is 111 Å². The maximum absolute atomic E-state index is 13.7. The van der Waals surface area contributed by atoms with Gasteiger partial charge < -0.3 is 14.6 Å². The molecule has 0 aromatic heterocycles. The Balaban J connectivity index is 2.32. The Bertz CT molecular complexity index is 548. The Kier molecular flexibility index (Phi) is 3.75. The van der Waals surface area contributed by atoms with Crippen molar-refractivity contribution in [1.29, 1.82) is 0 Å². The number of benzene rings is 1. The predicted octanol–water partition coefficient (Wildman–Crippen LogP) is 1.90. The monoisotopic (exact) mass is 261 g/mol. The van der Waals surface area contributed by atoms with Crippen molar-refractivity contribution in [3.8, 4) is 17.6 Å². The van der Waals surface area contributed by atoms with Crippen molar-refractivity contribution in [1.82, 2.24) is 0 Å². The van der Waals surface area contributed by atoms with Crippen LogP contribution in [0.4, 0.5) is 4.39 Å². The van der Waals surface area contributed by atoms with Gasteiger partial charge in [-0.15, -0.1) is 5.92 Å². The molecule has 0 amide bonds. The molecule has 0 spiro atoms. The molecule has 0 bridgehead atoms. The van der Waals surface area contributed by atoms with Crippen LogP contribution >= 0.6 is 0 Å². The average molecular weight is 261 g/mol. The number of aromatic carboxylic acids is 1. The lowest BCUT2D eigenvalue weighted by Gasteiger charge is -2.25. The number of carbonyl (C=O) groups excluding carboxylic acids is 1. The quantitative estimate of drug-likeness (QED) is 0.781. The smallest absolute Gasteiger partial charge is 0.169 e. The molecule has 1 aliphatic rings. The molecule has 4 heteroatoms. The van der Waals surface area contributed by atoms with Crippen LogP contribution in [0, 0.1) is 17.7 Å². The third-order valence-electron chi connectivity index (χ3n) is 3.24. The van der Waals surface area contributed by atoms with Gasteiger partial charge >= 0.3 is 0 Å². The van der Waals surface area contributed by atoms with Crippen molar-refractivity contribution in [3.63, 3.8) is 0 Å². The van der Waals surface area contributed by atoms with Crippen molar-refractivity contribution in [2.75, 3.05) is 0 Å². The Morgan fingerprint density at radius 3 is 2.68 bits per heavy atom. The minimum Gasteiger partial charge on any atom is -0.545 e. The van der Waals surface area contributed by atoms with Crippen LogP contribution in [0.5, 0.6) is 5.75 Å². The van der Waals surface area contributed by atoms with E-state index in [1.165, 1.54) is 0 Å². The van der Waals surface area contributed by atoms with E-state index >= 15 is 0 Å². The molecule has 1 aliphatic carbocycles. The fourth-order valence-electron chi connectivity index (χ4n) is 2.35. The second-order valence-electron chi connectivity index (χ2n) is 4.61. The summed E-state index contributed by atoms with van der Waals surface area (Å²) in [6, 6.07) is 3.38. The first-order valence-electron chi connectivity index (χ1n) is 6.20. The maximum atomic E-state index is 13.7. The number of carbonyl (C=O) groups is 1. The zero-order valence-electron chi connectivity index (χ0n) is 10.7. The molecule has 1 aromatic rings. The van der Waals surface area contributed by atoms with Crippen LogP contribution in [0.1, 0.15) is 43.0 Å². The minimum atomic E-state index is -1.35. The molecule has 0 atom stereocenters. The summed E-state index contributed by atoms with van der Waals surface area (Å²) in [6.45, 7) is 1.71. The summed E-state index contributed by atoms with van der Waals surface area (Å²) in [5.41, 5.74) is -0.797. The van der Waals surface area contributed by atoms with Crippen molar-refractivity contribution in [2.24, 2.45) is 0 Å². The molecule has 0 unspecified atom stereocenters. The number of hydrogen-bond acceptors (Lipinski definition) is 3. The van der Waals surface area contributed by atoms with Gasteiger partial charge in [-0.1, -0.05) is 5.92 Å². The van der Waals surface area contributed by atoms with Crippen LogP contribution in [0.25, 0.3) is 0 Å². The van der Waals surface area contributed by atoms with E-state index in [1.807, 2.05) is 0 Å². The van der Waals surface area contributed by atoms with E-state index < -0.39 is 17.4 Å². The average Bonchev–Trinajstić information content (AvgIpc) is 2.81. The highest BCUT2D eigenvalue weighted by Crippen LogP contribution is 2.35. The standard InChI is InChI=1S/C15H15FO3/c1-2-7-15(8-3-4-9-15)19-13-10-11(14(17)18)5-6-12(13)16/h5-6,10H,3-4,8-9H2,1H3,(H,17,18)/p-1. The first-order valence-corrected chi connectivity index (χ1v) is 6.20. The summed E-state index contributed by atoms with van der Waals surface area (Å²) in [5, 5.41) is 10.8. The van der Waals surface area contributed by atoms with E-state index in [1.54, 1.807) is 6.92 Å². The highest BCUT2D eigenvalue weighted by atomic mass is 19.1. The van der Waals surface area contributed by atoms with Crippen molar-refractivity contribution in [2.45, 2.75) is 38.2 Å². The van der Waals surface area contributed by atoms with Crippen molar-refractivity contribution < 1.29 is 19.0 Å². The van der Waals surface area contributed by atoms with E-state index in [9.17, 15) is 14.3 Å². The SMILES string of the molecule is CC#CC1(Oc2cc(C(=O)[O-])ccc2F)CCCC1. The second kappa shape index (κ2) is 5.31. The van der Waals surface area contributed by atoms with Crippen molar-refractivity contribution in [3.05, 3.63) is 29.6 Å². The number of hydrogen-bond donors (Lipinski definition) is 0. The number of carboxylic acid groups (broad SMARTS) is 1. The number of rotatable bonds is 3. The Morgan fingerprint density at radius 1 is 1.42 bits per heavy atom. The summed E-state index contributed by atoms with van der Waals surface area (Å²) in [4.78, 5) is 10.8. The molecule has 1 aromatic carbocycles. The fraction of sp³-hybridized carbons (Fsp3) is 0.400. The van der Waals surface area contributed by atoms with Gasteiger partial charge in [0, 0.05) is 5.56 Å². The summed E-state index contributed by atoms with van der Waals surface area (Å²) < 4.78 is 19.4. The molecular formula is C15H14FO3-. The molecular weight excluding hydrogens is 247 g/mol. The third kappa shape index (κ3) is 2.87. The lowest BCUT2D eigenvalue weighted by atomic mass is 10.0. The third-order valence-corrected chi connectivity index (χ3v) is 3.24. The molecule has 3 nitrogen and oxygen atoms in total. The van der Waals surface area contributed by atoms with E-state index in [2.05, 4.69) is 11.8 Å². The van der Waals surface area contributed by atoms with Crippen LogP contribution in [0.2, 0.25) is 0 Å². The number of halogens is 1. The lowest BCUT2D eigenvalue weighted by Crippen LogP contribution is -2.31. The van der Waals surface area contributed by atoms with Crippen LogP contribution in [0.3, 0.4) is 0 Å². The molecule has 1 saturated carbocycles. The zero-order valence-corrected chi connectivity index (χ0v) is 10.7. The first-order chi connectivity index (χ1) is 9.06. The van der Waals surface area contributed by atoms with Crippen LogP contribution in [-0.4, -0.2) is 11.6 Å². The second-order valence-corrected chi connectivity index (χ2v) is 4.61. The predicted molar refractivity (Wildman–Crippen MR) is 66.0 cm³/mol. The van der Waals surface area contributed by atoms with Gasteiger partial charge in [-0.05, 0) is 50.8 Å². The highest BCUT2D eigenvalue weighted by molar-refractivity contribution is 5.86. The molecule has 0 saturated heterocycles. The molecule has 0 N–H and O–H groups in total. The van der Waals surface area contributed by atoms with Gasteiger partial charge in [0.05, 0.1) is 5.97 Å². The number of carboxylic acids is 1. The van der Waals surface area contributed by atoms with Gasteiger partial charge in [0.1, 0.15) is 0 Å². The minimum absolute atomic E-state index is 0.0775. The van der Waals surface area contributed by atoms with Crippen molar-refractivity contribution >= 4 is 5.97 Å². The van der Waals surface area contributed by atoms with E-state index in [0.29, 0.717) is 0 Å². The fourth-order valence-corrected chi connectivity index (χ4v) is 2.35. The number of ether oxygens (including phenoxy) is 1. The van der Waals surface area contributed by atoms with Gasteiger partial charge in [-0.25, -0.2) is 4.39 Å². The van der Waals surface area contributed by atoms with Gasteiger partial charge in [0.15, 0.2) is 17.2 Å². The zero-order chi connectivity index (χ0) is 13.9. The van der Waals surface area contributed by atoms with Crippen LogP contribution in [0.15, 0.2) is 18.2 Å². The van der Waals surface area contributed by atoms with E-state index in [-0.39, 0.29) is 11.3 Å². The molecule has 0 radical (unpaired) electrons. The molecule has 1 fully saturated rings. The first kappa shape index (κ1) is 13.4. The molecule has 100 valence electrons. The Morgan fingerprint density at radius 2 is 2.11 bits per heavy atom. The normalized spacial score (nSPS) is 16.5.